The number of carbonyl (C=O) groups excluding carboxylic acids is 1. The third kappa shape index (κ3) is 5.16. The molecule has 0 bridgehead atoms. The maximum atomic E-state index is 12.9. The molecule has 7 heteroatoms. The summed E-state index contributed by atoms with van der Waals surface area (Å²) in [7, 11) is -1.95. The average molecular weight is 417 g/mol. The van der Waals surface area contributed by atoms with Gasteiger partial charge < -0.3 is 10.1 Å². The average Bonchev–Trinajstić information content (AvgIpc) is 2.71. The monoisotopic (exact) mass is 416 g/mol. The number of piperidine rings is 1. The predicted molar refractivity (Wildman–Crippen MR) is 112 cm³/mol. The summed E-state index contributed by atoms with van der Waals surface area (Å²) in [5.41, 5.74) is 1.34. The van der Waals surface area contributed by atoms with Crippen molar-refractivity contribution >= 4 is 15.9 Å². The molecule has 0 saturated carbocycles. The van der Waals surface area contributed by atoms with Crippen LogP contribution in [0.15, 0.2) is 53.4 Å². The molecule has 1 amide bonds. The highest BCUT2D eigenvalue weighted by molar-refractivity contribution is 7.89. The van der Waals surface area contributed by atoms with Gasteiger partial charge in [-0.25, -0.2) is 8.42 Å². The Balaban J connectivity index is 1.66. The Hall–Kier alpha value is -2.38. The summed E-state index contributed by atoms with van der Waals surface area (Å²) in [6.07, 6.45) is 1.04. The van der Waals surface area contributed by atoms with E-state index in [1.807, 2.05) is 24.3 Å². The molecule has 1 aliphatic rings. The van der Waals surface area contributed by atoms with Crippen LogP contribution in [0.1, 0.15) is 36.2 Å². The molecule has 0 aromatic heterocycles. The minimum Gasteiger partial charge on any atom is -0.497 e. The number of rotatable bonds is 6. The van der Waals surface area contributed by atoms with Crippen molar-refractivity contribution in [3.63, 3.8) is 0 Å². The zero-order valence-corrected chi connectivity index (χ0v) is 17.9. The van der Waals surface area contributed by atoms with E-state index in [4.69, 9.17) is 4.74 Å². The number of sulfonamides is 1. The second-order valence-corrected chi connectivity index (χ2v) is 9.76. The van der Waals surface area contributed by atoms with Crippen LogP contribution in [-0.2, 0) is 16.6 Å². The lowest BCUT2D eigenvalue weighted by molar-refractivity contribution is 0.0950. The Kier molecular flexibility index (Phi) is 6.59. The van der Waals surface area contributed by atoms with Gasteiger partial charge in [-0.15, -0.1) is 0 Å². The summed E-state index contributed by atoms with van der Waals surface area (Å²) in [4.78, 5) is 12.6. The minimum absolute atomic E-state index is 0.225. The van der Waals surface area contributed by atoms with Gasteiger partial charge in [-0.05, 0) is 60.2 Å². The normalized spacial score (nSPS) is 20.2. The number of nitrogens with one attached hydrogen (secondary N) is 1. The molecule has 156 valence electrons. The first-order valence-electron chi connectivity index (χ1n) is 9.81. The van der Waals surface area contributed by atoms with E-state index in [1.165, 1.54) is 12.1 Å². The van der Waals surface area contributed by atoms with Gasteiger partial charge in [0.1, 0.15) is 5.75 Å². The van der Waals surface area contributed by atoms with Crippen LogP contribution < -0.4 is 10.1 Å². The van der Waals surface area contributed by atoms with Crippen LogP contribution in [0, 0.1) is 11.8 Å². The van der Waals surface area contributed by atoms with E-state index >= 15 is 0 Å². The number of hydrogen-bond donors (Lipinski definition) is 1. The van der Waals surface area contributed by atoms with Gasteiger partial charge in [-0.3, -0.25) is 4.79 Å². The van der Waals surface area contributed by atoms with E-state index in [0.29, 0.717) is 37.0 Å². The number of methoxy groups -OCH3 is 1. The molecule has 1 fully saturated rings. The number of nitrogens with zero attached hydrogens (tertiary/aromatic N) is 1. The molecule has 3 rings (SSSR count). The molecule has 2 atom stereocenters. The lowest BCUT2D eigenvalue weighted by atomic mass is 9.94. The fraction of sp³-hybridized carbons (Fsp3) is 0.409. The standard InChI is InChI=1S/C22H28N2O4S/c1-16-11-17(2)15-24(14-16)29(26,27)21-9-7-19(8-10-21)22(25)23-13-18-5-4-6-20(12-18)28-3/h4-10,12,16-17H,11,13-15H2,1-3H3,(H,23,25)/t16-,17+. The van der Waals surface area contributed by atoms with Gasteiger partial charge >= 0.3 is 0 Å². The molecule has 1 N–H and O–H groups in total. The van der Waals surface area contributed by atoms with Crippen molar-refractivity contribution in [2.24, 2.45) is 11.8 Å². The molecule has 2 aromatic carbocycles. The van der Waals surface area contributed by atoms with Crippen molar-refractivity contribution in [2.45, 2.75) is 31.7 Å². The zero-order chi connectivity index (χ0) is 21.0. The van der Waals surface area contributed by atoms with Crippen molar-refractivity contribution in [1.82, 2.24) is 9.62 Å². The summed E-state index contributed by atoms with van der Waals surface area (Å²) in [5.74, 6) is 1.16. The number of ether oxygens (including phenoxy) is 1. The smallest absolute Gasteiger partial charge is 0.251 e. The van der Waals surface area contributed by atoms with Crippen LogP contribution in [0.25, 0.3) is 0 Å². The van der Waals surface area contributed by atoms with Crippen molar-refractivity contribution in [2.75, 3.05) is 20.2 Å². The first kappa shape index (κ1) is 21.3. The molecule has 0 unspecified atom stereocenters. The topological polar surface area (TPSA) is 75.7 Å². The van der Waals surface area contributed by atoms with Crippen LogP contribution in [0.5, 0.6) is 5.75 Å². The third-order valence-electron chi connectivity index (χ3n) is 5.18. The van der Waals surface area contributed by atoms with Crippen LogP contribution in [0.4, 0.5) is 0 Å². The molecule has 6 nitrogen and oxygen atoms in total. The number of amides is 1. The predicted octanol–water partition coefficient (Wildman–Crippen LogP) is 3.29. The molecule has 0 aliphatic carbocycles. The minimum atomic E-state index is -3.55. The van der Waals surface area contributed by atoms with E-state index in [1.54, 1.807) is 23.5 Å². The Labute approximate surface area is 172 Å². The van der Waals surface area contributed by atoms with Gasteiger partial charge in [0.05, 0.1) is 12.0 Å². The van der Waals surface area contributed by atoms with Gasteiger partial charge in [0.2, 0.25) is 10.0 Å². The Bertz CT molecular complexity index is 947. The molecular formula is C22H28N2O4S. The fourth-order valence-electron chi connectivity index (χ4n) is 3.80. The second-order valence-electron chi connectivity index (χ2n) is 7.83. The summed E-state index contributed by atoms with van der Waals surface area (Å²) in [6.45, 7) is 5.59. The molecular weight excluding hydrogens is 388 g/mol. The number of benzene rings is 2. The molecule has 0 radical (unpaired) electrons. The molecule has 1 saturated heterocycles. The van der Waals surface area contributed by atoms with Gasteiger partial charge in [-0.2, -0.15) is 4.31 Å². The second kappa shape index (κ2) is 8.97. The van der Waals surface area contributed by atoms with E-state index in [0.717, 1.165) is 17.7 Å². The highest BCUT2D eigenvalue weighted by Gasteiger charge is 2.31. The van der Waals surface area contributed by atoms with E-state index < -0.39 is 10.0 Å². The summed E-state index contributed by atoms with van der Waals surface area (Å²) in [5, 5.41) is 2.85. The van der Waals surface area contributed by atoms with Crippen molar-refractivity contribution in [1.29, 1.82) is 0 Å². The SMILES string of the molecule is COc1cccc(CNC(=O)c2ccc(S(=O)(=O)N3C[C@H](C)C[C@H](C)C3)cc2)c1. The highest BCUT2D eigenvalue weighted by Crippen LogP contribution is 2.26. The van der Waals surface area contributed by atoms with Crippen LogP contribution >= 0.6 is 0 Å². The quantitative estimate of drug-likeness (QED) is 0.784. The number of hydrogen-bond acceptors (Lipinski definition) is 4. The Morgan fingerprint density at radius 1 is 1.10 bits per heavy atom. The van der Waals surface area contributed by atoms with E-state index in [-0.39, 0.29) is 10.8 Å². The summed E-state index contributed by atoms with van der Waals surface area (Å²) >= 11 is 0. The van der Waals surface area contributed by atoms with Crippen molar-refractivity contribution in [3.05, 3.63) is 59.7 Å². The van der Waals surface area contributed by atoms with Gasteiger partial charge in [0.15, 0.2) is 0 Å². The van der Waals surface area contributed by atoms with Crippen molar-refractivity contribution in [3.8, 4) is 5.75 Å². The van der Waals surface area contributed by atoms with E-state index in [2.05, 4.69) is 19.2 Å². The van der Waals surface area contributed by atoms with Gasteiger partial charge in [0.25, 0.3) is 5.91 Å². The summed E-state index contributed by atoms with van der Waals surface area (Å²) in [6, 6.07) is 13.6. The highest BCUT2D eigenvalue weighted by atomic mass is 32.2. The lowest BCUT2D eigenvalue weighted by Gasteiger charge is -2.34. The summed E-state index contributed by atoms with van der Waals surface area (Å²) < 4.78 is 32.6. The van der Waals surface area contributed by atoms with Crippen molar-refractivity contribution < 1.29 is 17.9 Å². The van der Waals surface area contributed by atoms with Gasteiger partial charge in [-0.1, -0.05) is 26.0 Å². The first-order valence-corrected chi connectivity index (χ1v) is 11.2. The first-order chi connectivity index (χ1) is 13.8. The maximum Gasteiger partial charge on any atom is 0.251 e. The Morgan fingerprint density at radius 3 is 2.38 bits per heavy atom. The largest absolute Gasteiger partial charge is 0.497 e. The van der Waals surface area contributed by atoms with Gasteiger partial charge in [0, 0.05) is 25.2 Å². The molecule has 1 aliphatic heterocycles. The van der Waals surface area contributed by atoms with E-state index in [9.17, 15) is 13.2 Å². The maximum absolute atomic E-state index is 12.9. The molecule has 2 aromatic rings. The van der Waals surface area contributed by atoms with Crippen LogP contribution in [-0.4, -0.2) is 38.8 Å². The third-order valence-corrected chi connectivity index (χ3v) is 7.02. The zero-order valence-electron chi connectivity index (χ0n) is 17.1. The van der Waals surface area contributed by atoms with Crippen LogP contribution in [0.3, 0.4) is 0 Å². The molecule has 1 heterocycles. The van der Waals surface area contributed by atoms with Crippen LogP contribution in [0.2, 0.25) is 0 Å². The molecule has 29 heavy (non-hydrogen) atoms. The number of carbonyl (C=O) groups is 1. The fourth-order valence-corrected chi connectivity index (χ4v) is 5.48. The molecule has 0 spiro atoms. The lowest BCUT2D eigenvalue weighted by Crippen LogP contribution is -2.42. The Morgan fingerprint density at radius 2 is 1.76 bits per heavy atom.